The van der Waals surface area contributed by atoms with Crippen LogP contribution < -0.4 is 5.32 Å². The van der Waals surface area contributed by atoms with E-state index in [0.717, 1.165) is 19.3 Å². The van der Waals surface area contributed by atoms with Gasteiger partial charge in [-0.25, -0.2) is 9.59 Å². The number of carboxylic acids is 1. The van der Waals surface area contributed by atoms with E-state index >= 15 is 0 Å². The van der Waals surface area contributed by atoms with Crippen LogP contribution in [0.3, 0.4) is 0 Å². The topological polar surface area (TPSA) is 111 Å². The van der Waals surface area contributed by atoms with Crippen molar-refractivity contribution in [1.82, 2.24) is 5.32 Å². The number of carbonyl (C=O) groups is 3. The second kappa shape index (κ2) is 11.8. The Hall–Kier alpha value is -1.83. The van der Waals surface area contributed by atoms with Gasteiger partial charge in [-0.2, -0.15) is 0 Å². The first-order chi connectivity index (χ1) is 12.4. The van der Waals surface area contributed by atoms with Gasteiger partial charge in [0.2, 0.25) is 0 Å². The second-order valence-corrected chi connectivity index (χ2v) is 7.76. The van der Waals surface area contributed by atoms with E-state index in [0.29, 0.717) is 0 Å². The molecule has 0 aliphatic carbocycles. The highest BCUT2D eigenvalue weighted by molar-refractivity contribution is 5.82. The number of aliphatic carboxylic acids is 1. The van der Waals surface area contributed by atoms with Crippen molar-refractivity contribution in [1.29, 1.82) is 0 Å². The van der Waals surface area contributed by atoms with Gasteiger partial charge in [0.05, 0.1) is 12.5 Å². The molecule has 1 unspecified atom stereocenters. The number of rotatable bonds is 11. The smallest absolute Gasteiger partial charge is 0.408 e. The minimum absolute atomic E-state index is 0.120. The lowest BCUT2D eigenvalue weighted by Crippen LogP contribution is -2.51. The average molecular weight is 389 g/mol. The summed E-state index contributed by atoms with van der Waals surface area (Å²) in [6.45, 7) is 10.6. The van der Waals surface area contributed by atoms with Gasteiger partial charge in [-0.3, -0.25) is 4.79 Å². The van der Waals surface area contributed by atoms with Crippen LogP contribution in [0.25, 0.3) is 0 Å². The van der Waals surface area contributed by atoms with Crippen molar-refractivity contribution in [2.24, 2.45) is 5.92 Å². The van der Waals surface area contributed by atoms with Crippen LogP contribution in [-0.4, -0.2) is 54.1 Å². The number of esters is 1. The molecule has 2 N–H and O–H groups in total. The van der Waals surface area contributed by atoms with Gasteiger partial charge in [0, 0.05) is 7.11 Å². The molecule has 0 spiro atoms. The Morgan fingerprint density at radius 3 is 2.19 bits per heavy atom. The maximum atomic E-state index is 12.6. The fraction of sp³-hybridized carbons (Fsp3) is 0.842. The maximum Gasteiger partial charge on any atom is 0.408 e. The molecule has 0 fully saturated rings. The summed E-state index contributed by atoms with van der Waals surface area (Å²) in [5, 5.41) is 11.6. The molecular formula is C19H35NO7. The number of amides is 1. The molecule has 0 aromatic rings. The Bertz CT molecular complexity index is 487. The Labute approximate surface area is 161 Å². The number of hydrogen-bond donors (Lipinski definition) is 2. The summed E-state index contributed by atoms with van der Waals surface area (Å²) < 4.78 is 15.8. The number of ether oxygens (including phenoxy) is 3. The van der Waals surface area contributed by atoms with Crippen LogP contribution in [0.2, 0.25) is 0 Å². The van der Waals surface area contributed by atoms with Crippen molar-refractivity contribution in [3.8, 4) is 0 Å². The Morgan fingerprint density at radius 1 is 1.15 bits per heavy atom. The van der Waals surface area contributed by atoms with Crippen molar-refractivity contribution in [3.63, 3.8) is 0 Å². The van der Waals surface area contributed by atoms with Crippen molar-refractivity contribution < 1.29 is 33.7 Å². The second-order valence-electron chi connectivity index (χ2n) is 7.76. The predicted octanol–water partition coefficient (Wildman–Crippen LogP) is 3.13. The lowest BCUT2D eigenvalue weighted by molar-refractivity contribution is -0.160. The van der Waals surface area contributed by atoms with E-state index in [1.54, 1.807) is 27.7 Å². The monoisotopic (exact) mass is 389 g/mol. The minimum Gasteiger partial charge on any atom is -0.481 e. The Morgan fingerprint density at radius 2 is 1.74 bits per heavy atom. The van der Waals surface area contributed by atoms with Crippen molar-refractivity contribution >= 4 is 18.0 Å². The van der Waals surface area contributed by atoms with Crippen LogP contribution in [0.15, 0.2) is 0 Å². The summed E-state index contributed by atoms with van der Waals surface area (Å²) >= 11 is 0. The van der Waals surface area contributed by atoms with Crippen LogP contribution in [-0.2, 0) is 23.8 Å². The molecule has 0 aromatic heterocycles. The zero-order valence-corrected chi connectivity index (χ0v) is 17.5. The van der Waals surface area contributed by atoms with E-state index in [1.807, 2.05) is 13.8 Å². The van der Waals surface area contributed by atoms with Crippen molar-refractivity contribution in [2.75, 3.05) is 7.11 Å². The van der Waals surface area contributed by atoms with Crippen LogP contribution in [0.5, 0.6) is 0 Å². The summed E-state index contributed by atoms with van der Waals surface area (Å²) in [5.74, 6) is -1.91. The standard InChI is InChI=1S/C19H35NO7/c1-8-9-10-12(2)14(11-15(21)22)26-17(23)16(13(3)25-7)20-18(24)27-19(4,5)6/h12-14,16H,8-11H2,1-7H3,(H,20,24)(H,21,22)/t12-,13?,14-,16-/m0/s1. The van der Waals surface area contributed by atoms with Gasteiger partial charge in [-0.1, -0.05) is 26.7 Å². The highest BCUT2D eigenvalue weighted by Gasteiger charge is 2.34. The quantitative estimate of drug-likeness (QED) is 0.522. The molecule has 0 heterocycles. The highest BCUT2D eigenvalue weighted by atomic mass is 16.6. The number of alkyl carbamates (subject to hydrolysis) is 1. The first kappa shape index (κ1) is 25.2. The zero-order chi connectivity index (χ0) is 21.2. The molecule has 27 heavy (non-hydrogen) atoms. The third kappa shape index (κ3) is 10.8. The van der Waals surface area contributed by atoms with Gasteiger partial charge in [0.25, 0.3) is 0 Å². The lowest BCUT2D eigenvalue weighted by Gasteiger charge is -2.28. The average Bonchev–Trinajstić information content (AvgIpc) is 2.54. The van der Waals surface area contributed by atoms with E-state index in [2.05, 4.69) is 5.32 Å². The Kier molecular flexibility index (Phi) is 11.0. The number of nitrogens with one attached hydrogen (secondary N) is 1. The number of carbonyl (C=O) groups excluding carboxylic acids is 2. The molecule has 0 rings (SSSR count). The molecule has 4 atom stereocenters. The summed E-state index contributed by atoms with van der Waals surface area (Å²) in [6.07, 6.45) is 0.0741. The number of unbranched alkanes of at least 4 members (excludes halogenated alkanes) is 1. The molecule has 8 heteroatoms. The van der Waals surface area contributed by atoms with Gasteiger partial charge in [-0.15, -0.1) is 0 Å². The minimum atomic E-state index is -1.11. The fourth-order valence-corrected chi connectivity index (χ4v) is 2.40. The first-order valence-electron chi connectivity index (χ1n) is 9.35. The predicted molar refractivity (Wildman–Crippen MR) is 100 cm³/mol. The molecule has 0 bridgehead atoms. The summed E-state index contributed by atoms with van der Waals surface area (Å²) in [7, 11) is 1.40. The number of hydrogen-bond acceptors (Lipinski definition) is 6. The SMILES string of the molecule is CCCC[C@H](C)[C@H](CC(=O)O)OC(=O)[C@@H](NC(=O)OC(C)(C)C)C(C)OC. The summed E-state index contributed by atoms with van der Waals surface area (Å²) in [5.41, 5.74) is -0.727. The van der Waals surface area contributed by atoms with Crippen LogP contribution in [0.1, 0.15) is 67.2 Å². The van der Waals surface area contributed by atoms with E-state index in [-0.39, 0.29) is 12.3 Å². The van der Waals surface area contributed by atoms with Crippen molar-refractivity contribution in [2.45, 2.75) is 91.1 Å². The van der Waals surface area contributed by atoms with Gasteiger partial charge < -0.3 is 24.6 Å². The van der Waals surface area contributed by atoms with Gasteiger partial charge in [-0.05, 0) is 40.0 Å². The van der Waals surface area contributed by atoms with E-state index < -0.39 is 41.9 Å². The largest absolute Gasteiger partial charge is 0.481 e. The molecule has 0 radical (unpaired) electrons. The number of methoxy groups -OCH3 is 1. The molecule has 0 aliphatic rings. The fourth-order valence-electron chi connectivity index (χ4n) is 2.40. The number of carboxylic acid groups (broad SMARTS) is 1. The lowest BCUT2D eigenvalue weighted by atomic mass is 9.95. The molecule has 0 saturated heterocycles. The zero-order valence-electron chi connectivity index (χ0n) is 17.5. The molecule has 8 nitrogen and oxygen atoms in total. The summed E-state index contributed by atoms with van der Waals surface area (Å²) in [4.78, 5) is 35.8. The van der Waals surface area contributed by atoms with Crippen molar-refractivity contribution in [3.05, 3.63) is 0 Å². The van der Waals surface area contributed by atoms with E-state index in [4.69, 9.17) is 19.3 Å². The van der Waals surface area contributed by atoms with E-state index in [1.165, 1.54) is 7.11 Å². The molecule has 1 amide bonds. The normalized spacial score (nSPS) is 16.0. The van der Waals surface area contributed by atoms with Gasteiger partial charge >= 0.3 is 18.0 Å². The highest BCUT2D eigenvalue weighted by Crippen LogP contribution is 2.20. The third-order valence-corrected chi connectivity index (χ3v) is 4.06. The maximum absolute atomic E-state index is 12.6. The molecule has 158 valence electrons. The molecule has 0 saturated carbocycles. The third-order valence-electron chi connectivity index (χ3n) is 4.06. The first-order valence-corrected chi connectivity index (χ1v) is 9.35. The molecule has 0 aliphatic heterocycles. The van der Waals surface area contributed by atoms with E-state index in [9.17, 15) is 14.4 Å². The molecule has 0 aromatic carbocycles. The van der Waals surface area contributed by atoms with Crippen LogP contribution in [0.4, 0.5) is 4.79 Å². The summed E-state index contributed by atoms with van der Waals surface area (Å²) in [6, 6.07) is -1.11. The molecular weight excluding hydrogens is 354 g/mol. The van der Waals surface area contributed by atoms with Crippen LogP contribution in [0, 0.1) is 5.92 Å². The Balaban J connectivity index is 5.20. The van der Waals surface area contributed by atoms with Gasteiger partial charge in [0.1, 0.15) is 11.7 Å². The van der Waals surface area contributed by atoms with Gasteiger partial charge in [0.15, 0.2) is 6.04 Å². The van der Waals surface area contributed by atoms with Crippen LogP contribution >= 0.6 is 0 Å².